The third kappa shape index (κ3) is 3.04. The number of hydrogen-bond donors (Lipinski definition) is 3. The first kappa shape index (κ1) is 10.6. The van der Waals surface area contributed by atoms with Crippen LogP contribution in [0, 0.1) is 5.41 Å². The normalized spacial score (nSPS) is 32.5. The van der Waals surface area contributed by atoms with Crippen LogP contribution in [-0.4, -0.2) is 37.6 Å². The van der Waals surface area contributed by atoms with Gasteiger partial charge in [-0.05, 0) is 19.8 Å². The molecule has 3 N–H and O–H groups in total. The molecule has 2 rings (SSSR count). The van der Waals surface area contributed by atoms with Gasteiger partial charge in [-0.1, -0.05) is 0 Å². The zero-order valence-corrected chi connectivity index (χ0v) is 9.12. The smallest absolute Gasteiger partial charge is 0.0982 e. The molecule has 1 saturated heterocycles. The van der Waals surface area contributed by atoms with Crippen LogP contribution in [0.5, 0.6) is 0 Å². The fourth-order valence-electron chi connectivity index (χ4n) is 1.68. The third-order valence-corrected chi connectivity index (χ3v) is 2.76. The van der Waals surface area contributed by atoms with Crippen LogP contribution in [0.3, 0.4) is 0 Å². The minimum Gasteiger partial charge on any atom is -0.388 e. The summed E-state index contributed by atoms with van der Waals surface area (Å²) >= 11 is 0. The highest BCUT2D eigenvalue weighted by Gasteiger charge is 2.23. The van der Waals surface area contributed by atoms with Crippen molar-refractivity contribution < 1.29 is 4.74 Å². The second-order valence-corrected chi connectivity index (χ2v) is 4.32. The summed E-state index contributed by atoms with van der Waals surface area (Å²) in [6.45, 7) is 3.75. The number of morpholine rings is 1. The van der Waals surface area contributed by atoms with E-state index in [1.807, 2.05) is 6.20 Å². The molecule has 0 aromatic heterocycles. The lowest BCUT2D eigenvalue weighted by Gasteiger charge is -2.29. The molecule has 4 nitrogen and oxygen atoms in total. The second kappa shape index (κ2) is 4.77. The molecular weight excluding hydrogens is 190 g/mol. The van der Waals surface area contributed by atoms with Crippen molar-refractivity contribution in [3.8, 4) is 0 Å². The minimum absolute atomic E-state index is 0.0255. The highest BCUT2D eigenvalue weighted by Crippen LogP contribution is 2.19. The van der Waals surface area contributed by atoms with E-state index in [1.54, 1.807) is 0 Å². The fraction of sp³-hybridized carbons (Fsp3) is 0.727. The van der Waals surface area contributed by atoms with Gasteiger partial charge in [0.15, 0.2) is 0 Å². The molecule has 4 heteroatoms. The Morgan fingerprint density at radius 1 is 1.47 bits per heavy atom. The van der Waals surface area contributed by atoms with Gasteiger partial charge in [0, 0.05) is 37.1 Å². The quantitative estimate of drug-likeness (QED) is 0.596. The molecule has 0 bridgehead atoms. The maximum atomic E-state index is 7.39. The van der Waals surface area contributed by atoms with E-state index in [0.717, 1.165) is 18.7 Å². The molecule has 1 saturated carbocycles. The molecule has 0 spiro atoms. The average molecular weight is 209 g/mol. The van der Waals surface area contributed by atoms with Gasteiger partial charge in [-0.25, -0.2) is 0 Å². The van der Waals surface area contributed by atoms with Gasteiger partial charge >= 0.3 is 0 Å². The second-order valence-electron chi connectivity index (χ2n) is 4.32. The third-order valence-electron chi connectivity index (χ3n) is 2.76. The Morgan fingerprint density at radius 2 is 2.27 bits per heavy atom. The Morgan fingerprint density at radius 3 is 2.87 bits per heavy atom. The first-order chi connectivity index (χ1) is 7.29. The highest BCUT2D eigenvalue weighted by molar-refractivity contribution is 5.77. The van der Waals surface area contributed by atoms with E-state index >= 15 is 0 Å². The summed E-state index contributed by atoms with van der Waals surface area (Å²) < 4.78 is 5.77. The van der Waals surface area contributed by atoms with Gasteiger partial charge < -0.3 is 20.8 Å². The van der Waals surface area contributed by atoms with Crippen molar-refractivity contribution in [3.63, 3.8) is 0 Å². The van der Waals surface area contributed by atoms with Gasteiger partial charge in [-0.2, -0.15) is 0 Å². The van der Waals surface area contributed by atoms with E-state index in [-0.39, 0.29) is 12.2 Å². The van der Waals surface area contributed by atoms with Gasteiger partial charge in [-0.3, -0.25) is 0 Å². The zero-order chi connectivity index (χ0) is 10.7. The van der Waals surface area contributed by atoms with E-state index in [2.05, 4.69) is 17.6 Å². The van der Waals surface area contributed by atoms with Gasteiger partial charge in [0.1, 0.15) is 0 Å². The largest absolute Gasteiger partial charge is 0.388 e. The lowest BCUT2D eigenvalue weighted by molar-refractivity contribution is -0.00457. The molecular formula is C11H19N3O. The molecule has 1 aliphatic carbocycles. The molecule has 0 unspecified atom stereocenters. The van der Waals surface area contributed by atoms with Crippen molar-refractivity contribution in [1.82, 2.24) is 10.6 Å². The van der Waals surface area contributed by atoms with Gasteiger partial charge in [0.05, 0.1) is 12.2 Å². The van der Waals surface area contributed by atoms with Crippen LogP contribution in [-0.2, 0) is 4.74 Å². The molecule has 0 aromatic carbocycles. The highest BCUT2D eigenvalue weighted by atomic mass is 16.5. The fourth-order valence-corrected chi connectivity index (χ4v) is 1.68. The van der Waals surface area contributed by atoms with Crippen LogP contribution in [0.15, 0.2) is 11.8 Å². The first-order valence-corrected chi connectivity index (χ1v) is 5.62. The molecule has 84 valence electrons. The van der Waals surface area contributed by atoms with Crippen LogP contribution >= 0.6 is 0 Å². The molecule has 1 aliphatic heterocycles. The standard InChI is InChI=1S/C11H19N3O/c1-8-5-13-7-11(15-8)9(4-12)6-14-10-2-3-10/h4,6,8,10-14H,2-3,5,7H2,1H3/b9-6+,12-4?/t8-,11-/m1/s1. The molecule has 0 radical (unpaired) electrons. The van der Waals surface area contributed by atoms with E-state index in [1.165, 1.54) is 19.1 Å². The van der Waals surface area contributed by atoms with Crippen molar-refractivity contribution in [1.29, 1.82) is 5.41 Å². The van der Waals surface area contributed by atoms with Crippen molar-refractivity contribution >= 4 is 6.21 Å². The predicted molar refractivity (Wildman–Crippen MR) is 60.2 cm³/mol. The molecule has 2 fully saturated rings. The van der Waals surface area contributed by atoms with Crippen molar-refractivity contribution in [3.05, 3.63) is 11.8 Å². The number of hydrogen-bond acceptors (Lipinski definition) is 4. The van der Waals surface area contributed by atoms with E-state index < -0.39 is 0 Å². The van der Waals surface area contributed by atoms with Crippen LogP contribution in [0.1, 0.15) is 19.8 Å². The van der Waals surface area contributed by atoms with Crippen molar-refractivity contribution in [2.24, 2.45) is 0 Å². The first-order valence-electron chi connectivity index (χ1n) is 5.62. The Balaban J connectivity index is 1.91. The Labute approximate surface area is 90.6 Å². The summed E-state index contributed by atoms with van der Waals surface area (Å²) in [6, 6.07) is 0.633. The number of rotatable bonds is 4. The summed E-state index contributed by atoms with van der Waals surface area (Å²) in [5, 5.41) is 14.0. The van der Waals surface area contributed by atoms with Crippen LogP contribution in [0.25, 0.3) is 0 Å². The lowest BCUT2D eigenvalue weighted by atomic mass is 10.1. The topological polar surface area (TPSA) is 57.1 Å². The monoisotopic (exact) mass is 209 g/mol. The number of nitrogens with one attached hydrogen (secondary N) is 3. The summed E-state index contributed by atoms with van der Waals surface area (Å²) in [4.78, 5) is 0. The molecule has 15 heavy (non-hydrogen) atoms. The average Bonchev–Trinajstić information content (AvgIpc) is 3.03. The molecule has 0 amide bonds. The van der Waals surface area contributed by atoms with Crippen LogP contribution in [0.4, 0.5) is 0 Å². The summed E-state index contributed by atoms with van der Waals surface area (Å²) in [6.07, 6.45) is 6.09. The van der Waals surface area contributed by atoms with Crippen molar-refractivity contribution in [2.75, 3.05) is 13.1 Å². The Hall–Kier alpha value is -0.870. The maximum Gasteiger partial charge on any atom is 0.0982 e. The number of ether oxygens (including phenoxy) is 1. The molecule has 1 heterocycles. The Bertz CT molecular complexity index is 261. The van der Waals surface area contributed by atoms with Gasteiger partial charge in [0.2, 0.25) is 0 Å². The van der Waals surface area contributed by atoms with Gasteiger partial charge in [0.25, 0.3) is 0 Å². The maximum absolute atomic E-state index is 7.39. The molecule has 2 atom stereocenters. The molecule has 2 aliphatic rings. The lowest BCUT2D eigenvalue weighted by Crippen LogP contribution is -2.44. The van der Waals surface area contributed by atoms with Gasteiger partial charge in [-0.15, -0.1) is 0 Å². The van der Waals surface area contributed by atoms with E-state index in [9.17, 15) is 0 Å². The Kier molecular flexibility index (Phi) is 3.38. The van der Waals surface area contributed by atoms with E-state index in [4.69, 9.17) is 10.1 Å². The summed E-state index contributed by atoms with van der Waals surface area (Å²) in [5.74, 6) is 0. The zero-order valence-electron chi connectivity index (χ0n) is 9.12. The van der Waals surface area contributed by atoms with Crippen LogP contribution in [0.2, 0.25) is 0 Å². The predicted octanol–water partition coefficient (Wildman–Crippen LogP) is 0.649. The van der Waals surface area contributed by atoms with Crippen molar-refractivity contribution in [2.45, 2.75) is 38.0 Å². The SMILES string of the molecule is C[C@@H]1CNC[C@H](/C(C=N)=C/NC2CC2)O1. The van der Waals surface area contributed by atoms with E-state index in [0.29, 0.717) is 6.04 Å². The molecule has 0 aromatic rings. The van der Waals surface area contributed by atoms with Crippen LogP contribution < -0.4 is 10.6 Å². The summed E-state index contributed by atoms with van der Waals surface area (Å²) in [5.41, 5.74) is 0.931. The minimum atomic E-state index is 0.0255. The summed E-state index contributed by atoms with van der Waals surface area (Å²) in [7, 11) is 0.